The van der Waals surface area contributed by atoms with Crippen LogP contribution in [0.1, 0.15) is 51.2 Å². The predicted octanol–water partition coefficient (Wildman–Crippen LogP) is 5.46. The second kappa shape index (κ2) is 12.9. The lowest BCUT2D eigenvalue weighted by molar-refractivity contribution is -0.384. The molecule has 0 N–H and O–H groups in total. The summed E-state index contributed by atoms with van der Waals surface area (Å²) in [6.45, 7) is 6.02. The van der Waals surface area contributed by atoms with Gasteiger partial charge in [-0.15, -0.1) is 0 Å². The Labute approximate surface area is 173 Å². The second-order valence-electron chi connectivity index (χ2n) is 6.41. The lowest BCUT2D eigenvalue weighted by Crippen LogP contribution is -2.14. The first-order chi connectivity index (χ1) is 13.9. The zero-order valence-corrected chi connectivity index (χ0v) is 17.9. The molecular weight excluding hydrogens is 393 g/mol. The third kappa shape index (κ3) is 7.85. The zero-order chi connectivity index (χ0) is 21.8. The molecule has 0 aliphatic heterocycles. The molecule has 29 heavy (non-hydrogen) atoms. The fraction of sp³-hybridized carbons (Fsp3) is 0.409. The number of aldehydes is 1. The molecule has 2 aromatic carbocycles. The molecule has 5 nitrogen and oxygen atoms in total. The topological polar surface area (TPSA) is 77.3 Å². The van der Waals surface area contributed by atoms with Gasteiger partial charge in [-0.25, -0.2) is 4.39 Å². The number of hydrogen-bond donors (Lipinski definition) is 0. The summed E-state index contributed by atoms with van der Waals surface area (Å²) in [5.41, 5.74) is 1.09. The summed E-state index contributed by atoms with van der Waals surface area (Å²) in [5.74, 6) is -0.576. The molecule has 7 heteroatoms. The van der Waals surface area contributed by atoms with Crippen molar-refractivity contribution in [2.45, 2.75) is 51.3 Å². The third-order valence-corrected chi connectivity index (χ3v) is 5.89. The molecule has 0 aliphatic carbocycles. The molecule has 0 radical (unpaired) electrons. The number of halogens is 1. The Bertz CT molecular complexity index is 841. The van der Waals surface area contributed by atoms with Crippen molar-refractivity contribution in [3.8, 4) is 0 Å². The number of unbranched alkanes of at least 4 members (excludes halogenated alkanes) is 1. The zero-order valence-electron chi connectivity index (χ0n) is 17.1. The van der Waals surface area contributed by atoms with E-state index in [9.17, 15) is 23.5 Å². The number of nitro groups is 1. The number of hydrogen-bond acceptors (Lipinski definition) is 4. The minimum atomic E-state index is -1.46. The van der Waals surface area contributed by atoms with E-state index < -0.39 is 21.5 Å². The average Bonchev–Trinajstić information content (AvgIpc) is 2.72. The lowest BCUT2D eigenvalue weighted by atomic mass is 10.0. The normalized spacial score (nSPS) is 12.4. The highest BCUT2D eigenvalue weighted by molar-refractivity contribution is 7.85. The maximum atomic E-state index is 13.8. The van der Waals surface area contributed by atoms with E-state index in [4.69, 9.17) is 0 Å². The lowest BCUT2D eigenvalue weighted by Gasteiger charge is -2.13. The Morgan fingerprint density at radius 2 is 1.93 bits per heavy atom. The molecule has 0 spiro atoms. The summed E-state index contributed by atoms with van der Waals surface area (Å²) in [6.07, 6.45) is 3.56. The van der Waals surface area contributed by atoms with Crippen LogP contribution in [0, 0.1) is 21.8 Å². The minimum absolute atomic E-state index is 0.0489. The van der Waals surface area contributed by atoms with Crippen molar-refractivity contribution in [3.05, 3.63) is 69.5 Å². The van der Waals surface area contributed by atoms with Crippen LogP contribution < -0.4 is 0 Å². The maximum Gasteiger partial charge on any atom is 0.269 e. The fourth-order valence-electron chi connectivity index (χ4n) is 2.85. The van der Waals surface area contributed by atoms with Crippen LogP contribution in [0.4, 0.5) is 10.1 Å². The first kappa shape index (κ1) is 24.6. The van der Waals surface area contributed by atoms with Gasteiger partial charge in [0.05, 0.1) is 15.7 Å². The van der Waals surface area contributed by atoms with Crippen molar-refractivity contribution in [2.24, 2.45) is 5.92 Å². The number of non-ortho nitro benzene ring substituents is 1. The monoisotopic (exact) mass is 421 g/mol. The summed E-state index contributed by atoms with van der Waals surface area (Å²) < 4.78 is 26.5. The largest absolute Gasteiger partial charge is 0.303 e. The van der Waals surface area contributed by atoms with Gasteiger partial charge in [-0.3, -0.25) is 14.3 Å². The third-order valence-electron chi connectivity index (χ3n) is 4.27. The summed E-state index contributed by atoms with van der Waals surface area (Å²) in [5, 5.41) is 10.9. The van der Waals surface area contributed by atoms with Gasteiger partial charge >= 0.3 is 0 Å². The second-order valence-corrected chi connectivity index (χ2v) is 7.87. The number of nitro benzene ring substituents is 1. The Balaban J connectivity index is 0.00000204. The molecule has 0 aromatic heterocycles. The smallest absolute Gasteiger partial charge is 0.269 e. The van der Waals surface area contributed by atoms with Crippen LogP contribution in [-0.2, 0) is 22.0 Å². The number of carbonyl (C=O) groups is 1. The quantitative estimate of drug-likeness (QED) is 0.290. The highest BCUT2D eigenvalue weighted by atomic mass is 32.2. The van der Waals surface area contributed by atoms with Gasteiger partial charge < -0.3 is 4.79 Å². The van der Waals surface area contributed by atoms with E-state index in [-0.39, 0.29) is 23.8 Å². The van der Waals surface area contributed by atoms with E-state index in [2.05, 4.69) is 0 Å². The fourth-order valence-corrected chi connectivity index (χ4v) is 4.31. The van der Waals surface area contributed by atoms with E-state index in [0.717, 1.165) is 19.1 Å². The number of benzene rings is 2. The molecule has 158 valence electrons. The van der Waals surface area contributed by atoms with Gasteiger partial charge in [-0.1, -0.05) is 45.7 Å². The molecule has 0 heterocycles. The highest BCUT2D eigenvalue weighted by Crippen LogP contribution is 2.23. The van der Waals surface area contributed by atoms with Crippen LogP contribution in [-0.4, -0.2) is 21.2 Å². The van der Waals surface area contributed by atoms with Gasteiger partial charge in [0.15, 0.2) is 0 Å². The standard InChI is InChI=1S/C20H22FNO4S.C2H6/c1-2-3-5-16(13-23)14-27(26)20-9-8-18(21)12-17(20)10-15-6-4-7-19(11-15)22(24)25;1-2/h4,6-9,11-13,16H,2-3,5,10,14H2,1H3;1-2H3/t16-,27?;/m0./s1. The van der Waals surface area contributed by atoms with Crippen LogP contribution in [0.2, 0.25) is 0 Å². The molecule has 2 rings (SSSR count). The molecule has 0 saturated carbocycles. The Kier molecular flexibility index (Phi) is 11.0. The van der Waals surface area contributed by atoms with E-state index in [0.29, 0.717) is 22.4 Å². The maximum absolute atomic E-state index is 13.8. The van der Waals surface area contributed by atoms with E-state index in [1.165, 1.54) is 30.3 Å². The van der Waals surface area contributed by atoms with Gasteiger partial charge in [-0.2, -0.15) is 0 Å². The van der Waals surface area contributed by atoms with Gasteiger partial charge in [0.1, 0.15) is 12.1 Å². The van der Waals surface area contributed by atoms with Crippen molar-refractivity contribution in [2.75, 3.05) is 5.75 Å². The first-order valence-corrected chi connectivity index (χ1v) is 11.1. The summed E-state index contributed by atoms with van der Waals surface area (Å²) in [4.78, 5) is 22.2. The van der Waals surface area contributed by atoms with Gasteiger partial charge in [0.25, 0.3) is 5.69 Å². The molecule has 1 unspecified atom stereocenters. The molecule has 0 fully saturated rings. The molecule has 0 bridgehead atoms. The molecule has 0 aliphatic rings. The van der Waals surface area contributed by atoms with Crippen molar-refractivity contribution in [1.82, 2.24) is 0 Å². The van der Waals surface area contributed by atoms with Gasteiger partial charge in [0.2, 0.25) is 0 Å². The molecule has 2 aromatic rings. The summed E-state index contributed by atoms with van der Waals surface area (Å²) in [6, 6.07) is 10.1. The molecule has 0 amide bonds. The molecule has 2 atom stereocenters. The van der Waals surface area contributed by atoms with Gasteiger partial charge in [-0.05, 0) is 42.2 Å². The van der Waals surface area contributed by atoms with Crippen LogP contribution >= 0.6 is 0 Å². The van der Waals surface area contributed by atoms with Gasteiger partial charge in [0, 0.05) is 28.7 Å². The van der Waals surface area contributed by atoms with E-state index >= 15 is 0 Å². The van der Waals surface area contributed by atoms with Crippen molar-refractivity contribution in [1.29, 1.82) is 0 Å². The Morgan fingerprint density at radius 3 is 2.55 bits per heavy atom. The number of carbonyl (C=O) groups excluding carboxylic acids is 1. The van der Waals surface area contributed by atoms with Crippen LogP contribution in [0.15, 0.2) is 47.4 Å². The number of nitrogens with zero attached hydrogens (tertiary/aromatic N) is 1. The van der Waals surface area contributed by atoms with Crippen LogP contribution in [0.3, 0.4) is 0 Å². The number of rotatable bonds is 10. The Hall–Kier alpha value is -2.41. The van der Waals surface area contributed by atoms with E-state index in [1.54, 1.807) is 12.1 Å². The Morgan fingerprint density at radius 1 is 1.21 bits per heavy atom. The minimum Gasteiger partial charge on any atom is -0.303 e. The first-order valence-electron chi connectivity index (χ1n) is 9.80. The van der Waals surface area contributed by atoms with E-state index in [1.807, 2.05) is 20.8 Å². The van der Waals surface area contributed by atoms with Crippen molar-refractivity contribution in [3.63, 3.8) is 0 Å². The summed E-state index contributed by atoms with van der Waals surface area (Å²) in [7, 11) is -1.46. The van der Waals surface area contributed by atoms with Crippen LogP contribution in [0.25, 0.3) is 0 Å². The SMILES string of the molecule is CC.CCCC[C@@H](C=O)CS(=O)c1ccc(F)cc1Cc1cccc([N+](=O)[O-])c1. The van der Waals surface area contributed by atoms with Crippen molar-refractivity contribution < 1.29 is 18.3 Å². The highest BCUT2D eigenvalue weighted by Gasteiger charge is 2.17. The van der Waals surface area contributed by atoms with Crippen molar-refractivity contribution >= 4 is 22.8 Å². The molecule has 0 saturated heterocycles. The van der Waals surface area contributed by atoms with Crippen LogP contribution in [0.5, 0.6) is 0 Å². The summed E-state index contributed by atoms with van der Waals surface area (Å²) >= 11 is 0. The predicted molar refractivity (Wildman–Crippen MR) is 114 cm³/mol. The molecular formula is C22H28FNO4S. The average molecular weight is 422 g/mol.